The van der Waals surface area contributed by atoms with Crippen LogP contribution < -0.4 is 4.74 Å². The smallest absolute Gasteiger partial charge is 0.243 e. The fourth-order valence-corrected chi connectivity index (χ4v) is 5.18. The van der Waals surface area contributed by atoms with Crippen molar-refractivity contribution in [3.63, 3.8) is 0 Å². The molecular weight excluding hydrogens is 376 g/mol. The van der Waals surface area contributed by atoms with Gasteiger partial charge in [-0.25, -0.2) is 8.42 Å². The molecule has 0 aliphatic carbocycles. The van der Waals surface area contributed by atoms with Crippen LogP contribution in [0.15, 0.2) is 59.5 Å². The lowest BCUT2D eigenvalue weighted by molar-refractivity contribution is -0.135. The Bertz CT molecular complexity index is 898. The van der Waals surface area contributed by atoms with Crippen molar-refractivity contribution in [3.8, 4) is 5.75 Å². The molecule has 28 heavy (non-hydrogen) atoms. The minimum absolute atomic E-state index is 0.171. The first kappa shape index (κ1) is 20.4. The molecule has 0 aromatic heterocycles. The maximum Gasteiger partial charge on any atom is 0.243 e. The number of sulfonamides is 1. The fraction of sp³-hybridized carbons (Fsp3) is 0.381. The van der Waals surface area contributed by atoms with E-state index in [-0.39, 0.29) is 10.8 Å². The van der Waals surface area contributed by atoms with E-state index >= 15 is 0 Å². The lowest BCUT2D eigenvalue weighted by Crippen LogP contribution is -2.51. The summed E-state index contributed by atoms with van der Waals surface area (Å²) in [4.78, 5) is 14.9. The van der Waals surface area contributed by atoms with Crippen LogP contribution in [0.4, 0.5) is 0 Å². The summed E-state index contributed by atoms with van der Waals surface area (Å²) in [6.45, 7) is 0.780. The van der Waals surface area contributed by atoms with Crippen molar-refractivity contribution < 1.29 is 17.9 Å². The summed E-state index contributed by atoms with van der Waals surface area (Å²) in [5.74, 6) is 0.583. The maximum atomic E-state index is 13.1. The van der Waals surface area contributed by atoms with Crippen LogP contribution in [-0.2, 0) is 21.4 Å². The van der Waals surface area contributed by atoms with Crippen molar-refractivity contribution in [1.82, 2.24) is 9.21 Å². The predicted octanol–water partition coefficient (Wildman–Crippen LogP) is 2.90. The Balaban J connectivity index is 1.78. The number of hydrogen-bond acceptors (Lipinski definition) is 4. The first-order valence-corrected chi connectivity index (χ1v) is 10.8. The number of likely N-dealkylation sites (N-methyl/N-ethyl adjacent to an activating group) is 1. The van der Waals surface area contributed by atoms with Crippen LogP contribution in [0, 0.1) is 0 Å². The van der Waals surface area contributed by atoms with Crippen molar-refractivity contribution in [2.45, 2.75) is 36.7 Å². The number of benzene rings is 2. The van der Waals surface area contributed by atoms with Gasteiger partial charge in [-0.1, -0.05) is 36.8 Å². The van der Waals surface area contributed by atoms with Crippen LogP contribution in [0.3, 0.4) is 0 Å². The van der Waals surface area contributed by atoms with Crippen LogP contribution in [0.1, 0.15) is 24.8 Å². The van der Waals surface area contributed by atoms with E-state index in [1.165, 1.54) is 4.31 Å². The molecular formula is C21H26N2O4S. The standard InChI is InChI=1S/C21H26N2O4S/c1-22(16-17-11-13-18(27-2)14-12-17)21(24)20-10-6-7-15-23(20)28(25,26)19-8-4-3-5-9-19/h3-5,8-9,11-14,20H,6-7,10,15-16H2,1-2H3. The van der Waals surface area contributed by atoms with Crippen LogP contribution in [0.2, 0.25) is 0 Å². The predicted molar refractivity (Wildman–Crippen MR) is 107 cm³/mol. The average Bonchev–Trinajstić information content (AvgIpc) is 2.74. The molecule has 0 N–H and O–H groups in total. The van der Waals surface area contributed by atoms with Gasteiger partial charge in [0.1, 0.15) is 11.8 Å². The van der Waals surface area contributed by atoms with E-state index in [0.29, 0.717) is 19.5 Å². The van der Waals surface area contributed by atoms with Crippen molar-refractivity contribution in [2.75, 3.05) is 20.7 Å². The third kappa shape index (κ3) is 4.36. The van der Waals surface area contributed by atoms with Crippen LogP contribution in [0.5, 0.6) is 5.75 Å². The Labute approximate surface area is 166 Å². The fourth-order valence-electron chi connectivity index (χ4n) is 3.50. The molecule has 1 heterocycles. The number of carbonyl (C=O) groups is 1. The Morgan fingerprint density at radius 2 is 1.79 bits per heavy atom. The van der Waals surface area contributed by atoms with Gasteiger partial charge in [0.05, 0.1) is 12.0 Å². The van der Waals surface area contributed by atoms with Crippen molar-refractivity contribution in [2.24, 2.45) is 0 Å². The molecule has 0 radical (unpaired) electrons. The highest BCUT2D eigenvalue weighted by Gasteiger charge is 2.38. The van der Waals surface area contributed by atoms with Crippen LogP contribution in [0.25, 0.3) is 0 Å². The number of carbonyl (C=O) groups excluding carboxylic acids is 1. The Morgan fingerprint density at radius 1 is 1.11 bits per heavy atom. The lowest BCUT2D eigenvalue weighted by Gasteiger charge is -2.35. The molecule has 0 bridgehead atoms. The molecule has 1 aliphatic heterocycles. The SMILES string of the molecule is COc1ccc(CN(C)C(=O)C2CCCCN2S(=O)(=O)c2ccccc2)cc1. The first-order chi connectivity index (χ1) is 13.4. The van der Waals surface area contributed by atoms with Gasteiger partial charge in [-0.15, -0.1) is 0 Å². The first-order valence-electron chi connectivity index (χ1n) is 9.38. The number of piperidine rings is 1. The molecule has 1 amide bonds. The van der Waals surface area contributed by atoms with Crippen molar-refractivity contribution in [1.29, 1.82) is 0 Å². The van der Waals surface area contributed by atoms with E-state index in [2.05, 4.69) is 0 Å². The molecule has 1 saturated heterocycles. The molecule has 2 aromatic carbocycles. The highest BCUT2D eigenvalue weighted by molar-refractivity contribution is 7.89. The largest absolute Gasteiger partial charge is 0.497 e. The third-order valence-corrected chi connectivity index (χ3v) is 6.97. The van der Waals surface area contributed by atoms with Gasteiger partial charge in [-0.05, 0) is 42.7 Å². The lowest BCUT2D eigenvalue weighted by atomic mass is 10.0. The van der Waals surface area contributed by atoms with Gasteiger partial charge >= 0.3 is 0 Å². The van der Waals surface area contributed by atoms with E-state index in [9.17, 15) is 13.2 Å². The monoisotopic (exact) mass is 402 g/mol. The Hall–Kier alpha value is -2.38. The van der Waals surface area contributed by atoms with E-state index in [1.807, 2.05) is 24.3 Å². The zero-order valence-corrected chi connectivity index (χ0v) is 17.1. The topological polar surface area (TPSA) is 66.9 Å². The zero-order chi connectivity index (χ0) is 20.1. The number of nitrogens with zero attached hydrogens (tertiary/aromatic N) is 2. The van der Waals surface area contributed by atoms with Gasteiger partial charge in [-0.3, -0.25) is 4.79 Å². The van der Waals surface area contributed by atoms with Crippen molar-refractivity contribution >= 4 is 15.9 Å². The summed E-state index contributed by atoms with van der Waals surface area (Å²) in [6, 6.07) is 15.2. The van der Waals surface area contributed by atoms with Gasteiger partial charge in [-0.2, -0.15) is 4.31 Å². The maximum absolute atomic E-state index is 13.1. The van der Waals surface area contributed by atoms with Gasteiger partial charge in [0, 0.05) is 20.1 Å². The molecule has 2 aromatic rings. The second-order valence-electron chi connectivity index (χ2n) is 6.98. The molecule has 0 saturated carbocycles. The molecule has 3 rings (SSSR count). The summed E-state index contributed by atoms with van der Waals surface area (Å²) >= 11 is 0. The zero-order valence-electron chi connectivity index (χ0n) is 16.2. The normalized spacial score (nSPS) is 17.9. The Morgan fingerprint density at radius 3 is 2.43 bits per heavy atom. The van der Waals surface area contributed by atoms with E-state index in [0.717, 1.165) is 24.2 Å². The summed E-state index contributed by atoms with van der Waals surface area (Å²) in [5, 5.41) is 0. The Kier molecular flexibility index (Phi) is 6.36. The van der Waals surface area contributed by atoms with E-state index in [1.54, 1.807) is 49.4 Å². The molecule has 1 fully saturated rings. The molecule has 1 aliphatic rings. The summed E-state index contributed by atoms with van der Waals surface area (Å²) in [5.41, 5.74) is 0.963. The minimum atomic E-state index is -3.70. The minimum Gasteiger partial charge on any atom is -0.497 e. The molecule has 0 spiro atoms. The summed E-state index contributed by atoms with van der Waals surface area (Å²) in [7, 11) is -0.379. The number of methoxy groups -OCH3 is 1. The van der Waals surface area contributed by atoms with Crippen molar-refractivity contribution in [3.05, 3.63) is 60.2 Å². The number of ether oxygens (including phenoxy) is 1. The molecule has 7 heteroatoms. The van der Waals surface area contributed by atoms with Gasteiger partial charge < -0.3 is 9.64 Å². The van der Waals surface area contributed by atoms with E-state index in [4.69, 9.17) is 4.74 Å². The van der Waals surface area contributed by atoms with Gasteiger partial charge in [0.15, 0.2) is 0 Å². The van der Waals surface area contributed by atoms with Gasteiger partial charge in [0.2, 0.25) is 15.9 Å². The number of rotatable bonds is 6. The number of amides is 1. The molecule has 1 atom stereocenters. The summed E-state index contributed by atoms with van der Waals surface area (Å²) < 4.78 is 32.7. The second kappa shape index (κ2) is 8.75. The van der Waals surface area contributed by atoms with E-state index < -0.39 is 16.1 Å². The van der Waals surface area contributed by atoms with Crippen LogP contribution in [-0.4, -0.2) is 50.3 Å². The third-order valence-electron chi connectivity index (χ3n) is 5.04. The molecule has 150 valence electrons. The second-order valence-corrected chi connectivity index (χ2v) is 8.87. The quantitative estimate of drug-likeness (QED) is 0.745. The highest BCUT2D eigenvalue weighted by atomic mass is 32.2. The number of hydrogen-bond donors (Lipinski definition) is 0. The summed E-state index contributed by atoms with van der Waals surface area (Å²) in [6.07, 6.45) is 2.14. The van der Waals surface area contributed by atoms with Crippen LogP contribution >= 0.6 is 0 Å². The average molecular weight is 403 g/mol. The molecule has 6 nitrogen and oxygen atoms in total. The van der Waals surface area contributed by atoms with Gasteiger partial charge in [0.25, 0.3) is 0 Å². The highest BCUT2D eigenvalue weighted by Crippen LogP contribution is 2.26. The molecule has 1 unspecified atom stereocenters.